The van der Waals surface area contributed by atoms with Crippen LogP contribution in [-0.2, 0) is 18.3 Å². The van der Waals surface area contributed by atoms with Crippen molar-refractivity contribution in [3.05, 3.63) is 76.2 Å². The lowest BCUT2D eigenvalue weighted by Gasteiger charge is -2.12. The highest BCUT2D eigenvalue weighted by molar-refractivity contribution is 6.11. The van der Waals surface area contributed by atoms with Gasteiger partial charge in [-0.05, 0) is 19.9 Å². The van der Waals surface area contributed by atoms with Gasteiger partial charge in [-0.2, -0.15) is 0 Å². The van der Waals surface area contributed by atoms with Crippen molar-refractivity contribution >= 4 is 33.6 Å². The summed E-state index contributed by atoms with van der Waals surface area (Å²) in [6.07, 6.45) is 0. The topological polar surface area (TPSA) is 79.5 Å². The fraction of sp³-hybridized carbons (Fsp3) is 0.240. The Morgan fingerprint density at radius 2 is 1.62 bits per heavy atom. The molecule has 0 bridgehead atoms. The van der Waals surface area contributed by atoms with Gasteiger partial charge in [-0.1, -0.05) is 48.5 Å². The van der Waals surface area contributed by atoms with Gasteiger partial charge in [0.25, 0.3) is 5.56 Å². The standard InChI is InChI=1S/C25H24N2O5/c1-4-31-23-20-21(26(3)22(23)25(30)32-5-2)17-13-9-10-14-18(17)27(24(20)29)15-19(28)16-11-7-6-8-12-16/h6-14H,4-5,15H2,1-3H3. The summed E-state index contributed by atoms with van der Waals surface area (Å²) in [5.41, 5.74) is 1.48. The molecule has 0 radical (unpaired) electrons. The van der Waals surface area contributed by atoms with Gasteiger partial charge in [0, 0.05) is 18.0 Å². The quantitative estimate of drug-likeness (QED) is 0.326. The normalized spacial score (nSPS) is 11.1. The van der Waals surface area contributed by atoms with Crippen LogP contribution >= 0.6 is 0 Å². The van der Waals surface area contributed by atoms with E-state index in [0.29, 0.717) is 16.6 Å². The summed E-state index contributed by atoms with van der Waals surface area (Å²) in [4.78, 5) is 39.4. The van der Waals surface area contributed by atoms with Crippen LogP contribution < -0.4 is 10.3 Å². The molecule has 0 N–H and O–H groups in total. The Hall–Kier alpha value is -3.87. The van der Waals surface area contributed by atoms with E-state index in [1.807, 2.05) is 24.3 Å². The largest absolute Gasteiger partial charge is 0.490 e. The first kappa shape index (κ1) is 21.4. The summed E-state index contributed by atoms with van der Waals surface area (Å²) in [5.74, 6) is -0.568. The molecule has 0 saturated heterocycles. The molecule has 164 valence electrons. The average Bonchev–Trinajstić information content (AvgIpc) is 3.09. The van der Waals surface area contributed by atoms with Crippen LogP contribution in [0.25, 0.3) is 21.8 Å². The molecule has 0 amide bonds. The van der Waals surface area contributed by atoms with E-state index in [4.69, 9.17) is 9.47 Å². The molecule has 0 fully saturated rings. The number of Topliss-reactive ketones (excluding diaryl/α,β-unsaturated/α-hetero) is 1. The average molecular weight is 432 g/mol. The second-order valence-corrected chi connectivity index (χ2v) is 7.31. The number of aryl methyl sites for hydroxylation is 1. The number of ketones is 1. The zero-order valence-corrected chi connectivity index (χ0v) is 18.3. The molecular formula is C25H24N2O5. The number of hydrogen-bond donors (Lipinski definition) is 0. The monoisotopic (exact) mass is 432 g/mol. The maximum absolute atomic E-state index is 13.7. The Labute approximate surface area is 184 Å². The van der Waals surface area contributed by atoms with E-state index in [1.54, 1.807) is 55.8 Å². The van der Waals surface area contributed by atoms with E-state index in [9.17, 15) is 14.4 Å². The minimum atomic E-state index is -0.565. The van der Waals surface area contributed by atoms with Crippen LogP contribution in [0.4, 0.5) is 0 Å². The Morgan fingerprint density at radius 1 is 0.938 bits per heavy atom. The molecule has 0 saturated carbocycles. The first-order valence-corrected chi connectivity index (χ1v) is 10.5. The number of pyridine rings is 1. The molecule has 7 nitrogen and oxygen atoms in total. The third-order valence-corrected chi connectivity index (χ3v) is 5.41. The number of ether oxygens (including phenoxy) is 2. The number of carbonyl (C=O) groups is 2. The Bertz CT molecular complexity index is 1380. The predicted molar refractivity (Wildman–Crippen MR) is 123 cm³/mol. The van der Waals surface area contributed by atoms with Gasteiger partial charge in [-0.3, -0.25) is 14.2 Å². The molecular weight excluding hydrogens is 408 g/mol. The number of fused-ring (bicyclic) bond motifs is 3. The van der Waals surface area contributed by atoms with Gasteiger partial charge >= 0.3 is 5.97 Å². The minimum Gasteiger partial charge on any atom is -0.490 e. The minimum absolute atomic E-state index is 0.130. The molecule has 2 heterocycles. The number of nitrogens with zero attached hydrogens (tertiary/aromatic N) is 2. The van der Waals surface area contributed by atoms with Crippen molar-refractivity contribution < 1.29 is 19.1 Å². The summed E-state index contributed by atoms with van der Waals surface area (Å²) in [6, 6.07) is 16.2. The van der Waals surface area contributed by atoms with Crippen LogP contribution in [-0.4, -0.2) is 34.1 Å². The van der Waals surface area contributed by atoms with Crippen LogP contribution in [0.15, 0.2) is 59.4 Å². The van der Waals surface area contributed by atoms with E-state index in [2.05, 4.69) is 0 Å². The maximum atomic E-state index is 13.7. The predicted octanol–water partition coefficient (Wildman–Crippen LogP) is 3.95. The Balaban J connectivity index is 2.04. The first-order chi connectivity index (χ1) is 15.5. The Morgan fingerprint density at radius 3 is 2.31 bits per heavy atom. The SMILES string of the molecule is CCOC(=O)c1c(OCC)c2c(=O)n(CC(=O)c3ccccc3)c3ccccc3c2n1C. The highest BCUT2D eigenvalue weighted by Gasteiger charge is 2.28. The van der Waals surface area contributed by atoms with Gasteiger partial charge in [0.05, 0.1) is 30.8 Å². The number of aromatic nitrogens is 2. The van der Waals surface area contributed by atoms with Crippen molar-refractivity contribution in [2.24, 2.45) is 7.05 Å². The van der Waals surface area contributed by atoms with E-state index in [-0.39, 0.29) is 42.4 Å². The summed E-state index contributed by atoms with van der Waals surface area (Å²) < 4.78 is 14.1. The van der Waals surface area contributed by atoms with Crippen molar-refractivity contribution in [3.8, 4) is 5.75 Å². The number of hydrogen-bond acceptors (Lipinski definition) is 5. The second-order valence-electron chi connectivity index (χ2n) is 7.31. The van der Waals surface area contributed by atoms with Gasteiger partial charge in [0.2, 0.25) is 0 Å². The fourth-order valence-corrected chi connectivity index (χ4v) is 4.05. The Kier molecular flexibility index (Phi) is 5.81. The molecule has 0 aliphatic rings. The molecule has 0 aliphatic carbocycles. The van der Waals surface area contributed by atoms with Crippen LogP contribution in [0.3, 0.4) is 0 Å². The lowest BCUT2D eigenvalue weighted by atomic mass is 10.1. The van der Waals surface area contributed by atoms with Gasteiger partial charge in [0.1, 0.15) is 5.39 Å². The summed E-state index contributed by atoms with van der Waals surface area (Å²) in [7, 11) is 1.71. The molecule has 0 unspecified atom stereocenters. The molecule has 0 atom stereocenters. The molecule has 0 aliphatic heterocycles. The molecule has 7 heteroatoms. The van der Waals surface area contributed by atoms with Gasteiger partial charge in [-0.15, -0.1) is 0 Å². The second kappa shape index (κ2) is 8.70. The molecule has 0 spiro atoms. The summed E-state index contributed by atoms with van der Waals surface area (Å²) >= 11 is 0. The van der Waals surface area contributed by atoms with Crippen molar-refractivity contribution in [3.63, 3.8) is 0 Å². The van der Waals surface area contributed by atoms with E-state index in [0.717, 1.165) is 5.39 Å². The van der Waals surface area contributed by atoms with Crippen molar-refractivity contribution in [2.45, 2.75) is 20.4 Å². The molecule has 2 aromatic heterocycles. The van der Waals surface area contributed by atoms with E-state index in [1.165, 1.54) is 4.57 Å². The summed E-state index contributed by atoms with van der Waals surface area (Å²) in [6.45, 7) is 3.84. The third-order valence-electron chi connectivity index (χ3n) is 5.41. The number of para-hydroxylation sites is 1. The number of benzene rings is 2. The zero-order chi connectivity index (χ0) is 22.8. The molecule has 4 aromatic rings. The van der Waals surface area contributed by atoms with Crippen molar-refractivity contribution in [2.75, 3.05) is 13.2 Å². The molecule has 2 aromatic carbocycles. The fourth-order valence-electron chi connectivity index (χ4n) is 4.05. The van der Waals surface area contributed by atoms with Crippen LogP contribution in [0.2, 0.25) is 0 Å². The smallest absolute Gasteiger partial charge is 0.358 e. The van der Waals surface area contributed by atoms with Crippen LogP contribution in [0, 0.1) is 0 Å². The highest BCUT2D eigenvalue weighted by Crippen LogP contribution is 2.35. The van der Waals surface area contributed by atoms with Crippen molar-refractivity contribution in [1.29, 1.82) is 0 Å². The maximum Gasteiger partial charge on any atom is 0.358 e. The lowest BCUT2D eigenvalue weighted by molar-refractivity contribution is 0.0511. The summed E-state index contributed by atoms with van der Waals surface area (Å²) in [5, 5.41) is 0.999. The van der Waals surface area contributed by atoms with Gasteiger partial charge < -0.3 is 14.0 Å². The lowest BCUT2D eigenvalue weighted by Crippen LogP contribution is -2.25. The number of esters is 1. The number of carbonyl (C=O) groups excluding carboxylic acids is 2. The first-order valence-electron chi connectivity index (χ1n) is 10.5. The van der Waals surface area contributed by atoms with E-state index >= 15 is 0 Å². The van der Waals surface area contributed by atoms with Crippen LogP contribution in [0.1, 0.15) is 34.7 Å². The molecule has 4 rings (SSSR count). The van der Waals surface area contributed by atoms with Crippen LogP contribution in [0.5, 0.6) is 5.75 Å². The number of rotatable bonds is 7. The van der Waals surface area contributed by atoms with E-state index < -0.39 is 11.5 Å². The van der Waals surface area contributed by atoms with Gasteiger partial charge in [-0.25, -0.2) is 4.79 Å². The van der Waals surface area contributed by atoms with Crippen molar-refractivity contribution in [1.82, 2.24) is 9.13 Å². The van der Waals surface area contributed by atoms with Gasteiger partial charge in [0.15, 0.2) is 17.2 Å². The zero-order valence-electron chi connectivity index (χ0n) is 18.3. The highest BCUT2D eigenvalue weighted by atomic mass is 16.5. The third kappa shape index (κ3) is 3.45. The molecule has 32 heavy (non-hydrogen) atoms.